The first kappa shape index (κ1) is 15.3. The quantitative estimate of drug-likeness (QED) is 0.581. The lowest BCUT2D eigenvalue weighted by Gasteiger charge is -2.04. The molecule has 7 heteroatoms. The minimum atomic E-state index is -0.379. The van der Waals surface area contributed by atoms with Gasteiger partial charge in [-0.25, -0.2) is 14.8 Å². The average Bonchev–Trinajstić information content (AvgIpc) is 3.22. The van der Waals surface area contributed by atoms with E-state index in [0.717, 1.165) is 27.9 Å². The number of nitrogens with one attached hydrogen (secondary N) is 1. The Morgan fingerprint density at radius 2 is 2.12 bits per heavy atom. The summed E-state index contributed by atoms with van der Waals surface area (Å²) in [5, 5.41) is 0. The first-order valence-electron chi connectivity index (χ1n) is 7.98. The van der Waals surface area contributed by atoms with Crippen molar-refractivity contribution in [3.8, 4) is 11.5 Å². The van der Waals surface area contributed by atoms with E-state index in [0.29, 0.717) is 17.3 Å². The zero-order chi connectivity index (χ0) is 17.6. The van der Waals surface area contributed by atoms with Crippen LogP contribution in [0.5, 0.6) is 0 Å². The summed E-state index contributed by atoms with van der Waals surface area (Å²) in [7, 11) is 1.36. The van der Waals surface area contributed by atoms with Crippen LogP contribution in [0.4, 0.5) is 0 Å². The summed E-state index contributed by atoms with van der Waals surface area (Å²) >= 11 is 0. The van der Waals surface area contributed by atoms with E-state index in [-0.39, 0.29) is 5.97 Å². The topological polar surface area (TPSA) is 85.2 Å². The van der Waals surface area contributed by atoms with Crippen LogP contribution >= 0.6 is 0 Å². The van der Waals surface area contributed by atoms with Crippen LogP contribution in [0.25, 0.3) is 28.1 Å². The second-order valence-corrected chi connectivity index (χ2v) is 6.16. The molecule has 1 aromatic carbocycles. The molecule has 0 saturated heterocycles. The molecule has 0 atom stereocenters. The molecular formula is C18H17N5O2. The van der Waals surface area contributed by atoms with E-state index in [2.05, 4.69) is 33.8 Å². The highest BCUT2D eigenvalue weighted by Gasteiger charge is 2.14. The number of aromatic nitrogens is 5. The average molecular weight is 335 g/mol. The monoisotopic (exact) mass is 335 g/mol. The Kier molecular flexibility index (Phi) is 3.49. The highest BCUT2D eigenvalue weighted by molar-refractivity contribution is 5.94. The molecule has 3 aromatic heterocycles. The Balaban J connectivity index is 1.81. The van der Waals surface area contributed by atoms with Crippen molar-refractivity contribution in [1.82, 2.24) is 24.3 Å². The molecule has 4 aromatic rings. The molecule has 126 valence electrons. The van der Waals surface area contributed by atoms with Crippen molar-refractivity contribution in [2.45, 2.75) is 19.8 Å². The lowest BCUT2D eigenvalue weighted by Crippen LogP contribution is -2.00. The van der Waals surface area contributed by atoms with E-state index in [1.54, 1.807) is 24.5 Å². The Morgan fingerprint density at radius 1 is 1.28 bits per heavy atom. The largest absolute Gasteiger partial charge is 0.465 e. The first-order valence-corrected chi connectivity index (χ1v) is 7.98. The van der Waals surface area contributed by atoms with Crippen molar-refractivity contribution >= 4 is 22.5 Å². The summed E-state index contributed by atoms with van der Waals surface area (Å²) in [6.45, 7) is 4.20. The summed E-state index contributed by atoms with van der Waals surface area (Å²) in [5.74, 6) is 0.604. The molecule has 0 aliphatic heterocycles. The van der Waals surface area contributed by atoms with E-state index in [1.165, 1.54) is 7.11 Å². The van der Waals surface area contributed by atoms with Gasteiger partial charge in [0.2, 0.25) is 0 Å². The number of methoxy groups -OCH3 is 1. The molecule has 0 aliphatic rings. The highest BCUT2D eigenvalue weighted by atomic mass is 16.5. The number of ether oxygens (including phenoxy) is 1. The number of fused-ring (bicyclic) bond motifs is 2. The van der Waals surface area contributed by atoms with Crippen LogP contribution in [0.2, 0.25) is 0 Å². The predicted molar refractivity (Wildman–Crippen MR) is 93.5 cm³/mol. The zero-order valence-electron chi connectivity index (χ0n) is 14.1. The Bertz CT molecular complexity index is 1090. The highest BCUT2D eigenvalue weighted by Crippen LogP contribution is 2.24. The third-order valence-electron chi connectivity index (χ3n) is 4.16. The minimum Gasteiger partial charge on any atom is -0.465 e. The second-order valence-electron chi connectivity index (χ2n) is 6.16. The maximum atomic E-state index is 11.7. The molecule has 0 amide bonds. The number of benzene rings is 1. The standard InChI is InChI=1S/C18H17N5O2/c1-10(2)14-8-23-9-20-16(15(23)7-19-14)17-21-12-5-4-11(18(24)25-3)6-13(12)22-17/h4-10H,1-3H3,(H,21,22). The van der Waals surface area contributed by atoms with Crippen molar-refractivity contribution in [2.24, 2.45) is 0 Å². The molecule has 0 spiro atoms. The number of hydrogen-bond acceptors (Lipinski definition) is 5. The molecule has 0 aliphatic carbocycles. The molecule has 0 saturated carbocycles. The summed E-state index contributed by atoms with van der Waals surface area (Å²) in [6.07, 6.45) is 5.55. The van der Waals surface area contributed by atoms with Crippen molar-refractivity contribution in [1.29, 1.82) is 0 Å². The number of esters is 1. The third-order valence-corrected chi connectivity index (χ3v) is 4.16. The van der Waals surface area contributed by atoms with Gasteiger partial charge < -0.3 is 14.1 Å². The second kappa shape index (κ2) is 5.70. The molecule has 0 radical (unpaired) electrons. The van der Waals surface area contributed by atoms with Crippen molar-refractivity contribution in [2.75, 3.05) is 7.11 Å². The third kappa shape index (κ3) is 2.53. The Morgan fingerprint density at radius 3 is 2.88 bits per heavy atom. The van der Waals surface area contributed by atoms with Gasteiger partial charge in [0.25, 0.3) is 0 Å². The number of hydrogen-bond donors (Lipinski definition) is 1. The first-order chi connectivity index (χ1) is 12.1. The van der Waals surface area contributed by atoms with Gasteiger partial charge in [0.15, 0.2) is 5.82 Å². The number of carbonyl (C=O) groups is 1. The number of H-pyrrole nitrogens is 1. The van der Waals surface area contributed by atoms with Crippen LogP contribution in [-0.4, -0.2) is 37.4 Å². The molecule has 25 heavy (non-hydrogen) atoms. The number of aromatic amines is 1. The van der Waals surface area contributed by atoms with Crippen LogP contribution in [0, 0.1) is 0 Å². The smallest absolute Gasteiger partial charge is 0.337 e. The zero-order valence-corrected chi connectivity index (χ0v) is 14.1. The van der Waals surface area contributed by atoms with Gasteiger partial charge in [-0.05, 0) is 24.1 Å². The molecular weight excluding hydrogens is 318 g/mol. The lowest BCUT2D eigenvalue weighted by molar-refractivity contribution is 0.0601. The van der Waals surface area contributed by atoms with Gasteiger partial charge in [0.1, 0.15) is 12.0 Å². The summed E-state index contributed by atoms with van der Waals surface area (Å²) in [5.41, 5.74) is 4.59. The molecule has 1 N–H and O–H groups in total. The van der Waals surface area contributed by atoms with Crippen LogP contribution in [-0.2, 0) is 4.74 Å². The minimum absolute atomic E-state index is 0.346. The number of nitrogens with zero attached hydrogens (tertiary/aromatic N) is 4. The van der Waals surface area contributed by atoms with Gasteiger partial charge in [-0.2, -0.15) is 0 Å². The molecule has 3 heterocycles. The summed E-state index contributed by atoms with van der Waals surface area (Å²) in [4.78, 5) is 28.5. The van der Waals surface area contributed by atoms with Gasteiger partial charge in [-0.1, -0.05) is 13.8 Å². The van der Waals surface area contributed by atoms with Gasteiger partial charge >= 0.3 is 5.97 Å². The van der Waals surface area contributed by atoms with Crippen molar-refractivity contribution in [3.05, 3.63) is 48.2 Å². The van der Waals surface area contributed by atoms with Crippen LogP contribution in [0.1, 0.15) is 35.8 Å². The van der Waals surface area contributed by atoms with Crippen LogP contribution in [0.15, 0.2) is 36.9 Å². The van der Waals surface area contributed by atoms with Crippen LogP contribution < -0.4 is 0 Å². The fourth-order valence-electron chi connectivity index (χ4n) is 2.76. The van der Waals surface area contributed by atoms with Crippen molar-refractivity contribution in [3.63, 3.8) is 0 Å². The van der Waals surface area contributed by atoms with Crippen LogP contribution in [0.3, 0.4) is 0 Å². The molecule has 0 fully saturated rings. The van der Waals surface area contributed by atoms with E-state index in [9.17, 15) is 4.79 Å². The molecule has 0 bridgehead atoms. The fourth-order valence-corrected chi connectivity index (χ4v) is 2.76. The van der Waals surface area contributed by atoms with E-state index < -0.39 is 0 Å². The SMILES string of the molecule is COC(=O)c1ccc2nc(-c3ncn4cc(C(C)C)ncc34)[nH]c2c1. The molecule has 7 nitrogen and oxygen atoms in total. The molecule has 4 rings (SSSR count). The number of imidazole rings is 2. The fraction of sp³-hybridized carbons (Fsp3) is 0.222. The van der Waals surface area contributed by atoms with E-state index in [4.69, 9.17) is 4.74 Å². The van der Waals surface area contributed by atoms with E-state index in [1.807, 2.05) is 16.8 Å². The number of rotatable bonds is 3. The van der Waals surface area contributed by atoms with E-state index >= 15 is 0 Å². The summed E-state index contributed by atoms with van der Waals surface area (Å²) < 4.78 is 6.70. The van der Waals surface area contributed by atoms with Gasteiger partial charge in [0, 0.05) is 6.20 Å². The van der Waals surface area contributed by atoms with Gasteiger partial charge in [-0.15, -0.1) is 0 Å². The number of carbonyl (C=O) groups excluding carboxylic acids is 1. The summed E-state index contributed by atoms with van der Waals surface area (Å²) in [6, 6.07) is 5.21. The Hall–Kier alpha value is -3.22. The Labute approximate surface area is 143 Å². The maximum Gasteiger partial charge on any atom is 0.337 e. The lowest BCUT2D eigenvalue weighted by atomic mass is 10.1. The maximum absolute atomic E-state index is 11.7. The predicted octanol–water partition coefficient (Wildman–Crippen LogP) is 3.18. The molecule has 0 unspecified atom stereocenters. The normalized spacial score (nSPS) is 11.5. The van der Waals surface area contributed by atoms with Gasteiger partial charge in [-0.3, -0.25) is 4.98 Å². The van der Waals surface area contributed by atoms with Gasteiger partial charge in [0.05, 0.1) is 41.1 Å². The van der Waals surface area contributed by atoms with Crippen molar-refractivity contribution < 1.29 is 9.53 Å².